The first-order valence-corrected chi connectivity index (χ1v) is 7.45. The van der Waals surface area contributed by atoms with Crippen LogP contribution in [0.2, 0.25) is 0 Å². The molecule has 1 heterocycles. The van der Waals surface area contributed by atoms with Gasteiger partial charge in [-0.2, -0.15) is 5.10 Å². The van der Waals surface area contributed by atoms with E-state index in [-0.39, 0.29) is 11.9 Å². The highest BCUT2D eigenvalue weighted by molar-refractivity contribution is 5.79. The van der Waals surface area contributed by atoms with Gasteiger partial charge in [0.15, 0.2) is 0 Å². The summed E-state index contributed by atoms with van der Waals surface area (Å²) in [5, 5.41) is 6.98. The minimum Gasteiger partial charge on any atom is -0.497 e. The number of nitrogens with one attached hydrogen (secondary N) is 1. The monoisotopic (exact) mass is 317 g/mol. The number of methoxy groups -OCH3 is 1. The number of carbonyl (C=O) groups excluding carboxylic acids is 1. The van der Waals surface area contributed by atoms with Gasteiger partial charge >= 0.3 is 0 Å². The van der Waals surface area contributed by atoms with Gasteiger partial charge in [-0.05, 0) is 38.7 Å². The van der Waals surface area contributed by atoms with Gasteiger partial charge in [0.1, 0.15) is 24.4 Å². The molecule has 2 aromatic rings. The van der Waals surface area contributed by atoms with Crippen LogP contribution in [0, 0.1) is 0 Å². The summed E-state index contributed by atoms with van der Waals surface area (Å²) < 4.78 is 6.72. The Bertz CT molecular complexity index is 610. The lowest BCUT2D eigenvalue weighted by molar-refractivity contribution is -0.124. The van der Waals surface area contributed by atoms with Crippen LogP contribution in [0.3, 0.4) is 0 Å². The zero-order valence-corrected chi connectivity index (χ0v) is 13.9. The number of ether oxygens (including phenoxy) is 1. The van der Waals surface area contributed by atoms with Crippen molar-refractivity contribution in [1.29, 1.82) is 0 Å². The average Bonchev–Trinajstić information content (AvgIpc) is 3.08. The molecule has 0 aliphatic carbocycles. The Morgan fingerprint density at radius 1 is 1.35 bits per heavy atom. The number of likely N-dealkylation sites (N-methyl/N-ethyl adjacent to an activating group) is 1. The summed E-state index contributed by atoms with van der Waals surface area (Å²) in [7, 11) is 5.62. The Morgan fingerprint density at radius 3 is 2.57 bits per heavy atom. The molecule has 1 N–H and O–H groups in total. The standard InChI is InChI=1S/C16H23N5O2/c1-12(21-11-17-10-19-21)16(22)18-9-15(20(2)3)13-5-7-14(23-4)8-6-13/h5-8,10-12,15H,9H2,1-4H3,(H,18,22)/t12-,15+/m1/s1. The Morgan fingerprint density at radius 2 is 2.04 bits per heavy atom. The second-order valence-electron chi connectivity index (χ2n) is 5.55. The molecule has 0 bridgehead atoms. The van der Waals surface area contributed by atoms with Crippen LogP contribution in [0.25, 0.3) is 0 Å². The van der Waals surface area contributed by atoms with E-state index < -0.39 is 6.04 Å². The lowest BCUT2D eigenvalue weighted by Crippen LogP contribution is -2.37. The fourth-order valence-electron chi connectivity index (χ4n) is 2.31. The number of hydrogen-bond acceptors (Lipinski definition) is 5. The van der Waals surface area contributed by atoms with E-state index >= 15 is 0 Å². The normalized spacial score (nSPS) is 13.6. The van der Waals surface area contributed by atoms with Gasteiger partial charge in [0, 0.05) is 6.54 Å². The topological polar surface area (TPSA) is 72.3 Å². The summed E-state index contributed by atoms with van der Waals surface area (Å²) in [4.78, 5) is 18.2. The van der Waals surface area contributed by atoms with Gasteiger partial charge in [-0.3, -0.25) is 4.79 Å². The van der Waals surface area contributed by atoms with Gasteiger partial charge in [-0.1, -0.05) is 12.1 Å². The van der Waals surface area contributed by atoms with E-state index in [1.807, 2.05) is 38.4 Å². The van der Waals surface area contributed by atoms with Gasteiger partial charge in [-0.25, -0.2) is 9.67 Å². The van der Waals surface area contributed by atoms with Gasteiger partial charge in [0.05, 0.1) is 13.2 Å². The van der Waals surface area contributed by atoms with Crippen LogP contribution in [-0.2, 0) is 4.79 Å². The third-order valence-corrected chi connectivity index (χ3v) is 3.81. The molecule has 0 fully saturated rings. The first-order chi connectivity index (χ1) is 11.0. The minimum absolute atomic E-state index is 0.0767. The van der Waals surface area contributed by atoms with E-state index in [0.29, 0.717) is 6.54 Å². The van der Waals surface area contributed by atoms with Crippen molar-refractivity contribution in [2.75, 3.05) is 27.7 Å². The van der Waals surface area contributed by atoms with Crippen molar-refractivity contribution in [2.45, 2.75) is 19.0 Å². The second-order valence-corrected chi connectivity index (χ2v) is 5.55. The number of nitrogens with zero attached hydrogens (tertiary/aromatic N) is 4. The second kappa shape index (κ2) is 7.73. The summed E-state index contributed by atoms with van der Waals surface area (Å²) >= 11 is 0. The van der Waals surface area contributed by atoms with Gasteiger partial charge in [-0.15, -0.1) is 0 Å². The molecule has 2 rings (SSSR count). The molecule has 124 valence electrons. The van der Waals surface area contributed by atoms with Crippen molar-refractivity contribution in [2.24, 2.45) is 0 Å². The zero-order valence-electron chi connectivity index (χ0n) is 13.9. The Kier molecular flexibility index (Phi) is 5.70. The molecule has 1 aromatic carbocycles. The maximum atomic E-state index is 12.3. The molecule has 7 nitrogen and oxygen atoms in total. The minimum atomic E-state index is -0.392. The summed E-state index contributed by atoms with van der Waals surface area (Å²) in [6, 6.07) is 7.55. The molecule has 0 radical (unpaired) electrons. The zero-order chi connectivity index (χ0) is 16.8. The third kappa shape index (κ3) is 4.29. The first kappa shape index (κ1) is 17.0. The fourth-order valence-corrected chi connectivity index (χ4v) is 2.31. The Balaban J connectivity index is 2.00. The van der Waals surface area contributed by atoms with Crippen molar-refractivity contribution < 1.29 is 9.53 Å². The highest BCUT2D eigenvalue weighted by atomic mass is 16.5. The van der Waals surface area contributed by atoms with E-state index in [1.54, 1.807) is 14.0 Å². The third-order valence-electron chi connectivity index (χ3n) is 3.81. The van der Waals surface area contributed by atoms with Crippen molar-refractivity contribution >= 4 is 5.91 Å². The molecular weight excluding hydrogens is 294 g/mol. The van der Waals surface area contributed by atoms with Crippen LogP contribution >= 0.6 is 0 Å². The summed E-state index contributed by atoms with van der Waals surface area (Å²) in [5.74, 6) is 0.728. The van der Waals surface area contributed by atoms with Crippen molar-refractivity contribution in [3.05, 3.63) is 42.5 Å². The van der Waals surface area contributed by atoms with E-state index in [4.69, 9.17) is 4.74 Å². The van der Waals surface area contributed by atoms with Crippen LogP contribution in [0.15, 0.2) is 36.9 Å². The largest absolute Gasteiger partial charge is 0.497 e. The van der Waals surface area contributed by atoms with Crippen LogP contribution in [-0.4, -0.2) is 53.3 Å². The number of carbonyl (C=O) groups is 1. The Hall–Kier alpha value is -2.41. The molecule has 2 atom stereocenters. The summed E-state index contributed by atoms with van der Waals surface area (Å²) in [5.41, 5.74) is 1.12. The van der Waals surface area contributed by atoms with Crippen LogP contribution in [0.4, 0.5) is 0 Å². The summed E-state index contributed by atoms with van der Waals surface area (Å²) in [6.07, 6.45) is 2.96. The van der Waals surface area contributed by atoms with E-state index in [1.165, 1.54) is 17.3 Å². The van der Waals surface area contributed by atoms with Gasteiger partial charge in [0.2, 0.25) is 5.91 Å². The molecule has 1 aromatic heterocycles. The first-order valence-electron chi connectivity index (χ1n) is 7.45. The molecule has 7 heteroatoms. The quantitative estimate of drug-likeness (QED) is 0.832. The number of rotatable bonds is 7. The maximum Gasteiger partial charge on any atom is 0.244 e. The lowest BCUT2D eigenvalue weighted by atomic mass is 10.1. The molecule has 23 heavy (non-hydrogen) atoms. The number of aromatic nitrogens is 3. The summed E-state index contributed by atoms with van der Waals surface area (Å²) in [6.45, 7) is 2.30. The highest BCUT2D eigenvalue weighted by Gasteiger charge is 2.19. The van der Waals surface area contributed by atoms with E-state index in [9.17, 15) is 4.79 Å². The predicted molar refractivity (Wildman–Crippen MR) is 87.2 cm³/mol. The molecular formula is C16H23N5O2. The molecule has 0 aliphatic heterocycles. The maximum absolute atomic E-state index is 12.3. The number of amides is 1. The molecule has 0 unspecified atom stereocenters. The predicted octanol–water partition coefficient (Wildman–Crippen LogP) is 1.27. The van der Waals surface area contributed by atoms with Crippen molar-refractivity contribution in [3.63, 3.8) is 0 Å². The van der Waals surface area contributed by atoms with Gasteiger partial charge < -0.3 is 15.0 Å². The highest BCUT2D eigenvalue weighted by Crippen LogP contribution is 2.20. The van der Waals surface area contributed by atoms with Gasteiger partial charge in [0.25, 0.3) is 0 Å². The van der Waals surface area contributed by atoms with Crippen LogP contribution < -0.4 is 10.1 Å². The smallest absolute Gasteiger partial charge is 0.244 e. The van der Waals surface area contributed by atoms with Crippen molar-refractivity contribution in [3.8, 4) is 5.75 Å². The lowest BCUT2D eigenvalue weighted by Gasteiger charge is -2.26. The molecule has 0 saturated heterocycles. The number of benzene rings is 1. The molecule has 0 saturated carbocycles. The van der Waals surface area contributed by atoms with Crippen LogP contribution in [0.1, 0.15) is 24.6 Å². The van der Waals surface area contributed by atoms with Crippen LogP contribution in [0.5, 0.6) is 5.75 Å². The van der Waals surface area contributed by atoms with E-state index in [2.05, 4.69) is 20.3 Å². The van der Waals surface area contributed by atoms with Crippen molar-refractivity contribution in [1.82, 2.24) is 25.0 Å². The van der Waals surface area contributed by atoms with E-state index in [0.717, 1.165) is 11.3 Å². The molecule has 0 aliphatic rings. The SMILES string of the molecule is COc1ccc([C@H](CNC(=O)[C@@H](C)n2cncn2)N(C)C)cc1. The number of hydrogen-bond donors (Lipinski definition) is 1. The fraction of sp³-hybridized carbons (Fsp3) is 0.438. The average molecular weight is 317 g/mol. The molecule has 0 spiro atoms. The molecule has 1 amide bonds. The Labute approximate surface area is 136 Å².